The molecule has 1 amide bonds. The van der Waals surface area contributed by atoms with Gasteiger partial charge in [0.25, 0.3) is 5.91 Å². The molecule has 0 saturated carbocycles. The number of halogens is 2. The number of ether oxygens (including phenoxy) is 2. The lowest BCUT2D eigenvalue weighted by Gasteiger charge is -2.33. The lowest BCUT2D eigenvalue weighted by atomic mass is 10.1. The summed E-state index contributed by atoms with van der Waals surface area (Å²) in [6.45, 7) is 5.79. The highest BCUT2D eigenvalue weighted by Gasteiger charge is 2.25. The van der Waals surface area contributed by atoms with Gasteiger partial charge in [-0.05, 0) is 30.7 Å². The quantitative estimate of drug-likeness (QED) is 0.685. The smallest absolute Gasteiger partial charge is 0.251 e. The van der Waals surface area contributed by atoms with Crippen molar-refractivity contribution in [2.24, 2.45) is 0 Å². The van der Waals surface area contributed by atoms with Crippen LogP contribution in [-0.4, -0.2) is 50.3 Å². The summed E-state index contributed by atoms with van der Waals surface area (Å²) in [6, 6.07) is 6.84. The summed E-state index contributed by atoms with van der Waals surface area (Å²) in [5.41, 5.74) is 0.388. The predicted octanol–water partition coefficient (Wildman–Crippen LogP) is 4.18. The van der Waals surface area contributed by atoms with E-state index in [0.29, 0.717) is 47.7 Å². The van der Waals surface area contributed by atoms with Crippen LogP contribution >= 0.6 is 23.2 Å². The molecule has 152 valence electrons. The molecule has 1 aliphatic rings. The molecule has 1 N–H and O–H groups in total. The van der Waals surface area contributed by atoms with Crippen molar-refractivity contribution in [2.45, 2.75) is 19.4 Å². The van der Waals surface area contributed by atoms with Crippen LogP contribution in [0.5, 0.6) is 5.75 Å². The molecule has 1 aliphatic heterocycles. The minimum atomic E-state index is -0.254. The van der Waals surface area contributed by atoms with E-state index in [1.165, 1.54) is 0 Å². The van der Waals surface area contributed by atoms with Gasteiger partial charge in [-0.2, -0.15) is 0 Å². The first-order chi connectivity index (χ1) is 13.6. The van der Waals surface area contributed by atoms with Gasteiger partial charge < -0.3 is 19.2 Å². The van der Waals surface area contributed by atoms with Crippen molar-refractivity contribution in [1.82, 2.24) is 10.2 Å². The van der Waals surface area contributed by atoms with Crippen LogP contribution in [0, 0.1) is 0 Å². The van der Waals surface area contributed by atoms with Gasteiger partial charge in [-0.15, -0.1) is 0 Å². The van der Waals surface area contributed by atoms with Gasteiger partial charge in [0.2, 0.25) is 0 Å². The van der Waals surface area contributed by atoms with E-state index in [1.54, 1.807) is 18.4 Å². The maximum Gasteiger partial charge on any atom is 0.251 e. The minimum Gasteiger partial charge on any atom is -0.490 e. The number of hydrogen-bond donors (Lipinski definition) is 1. The predicted molar refractivity (Wildman–Crippen MR) is 108 cm³/mol. The molecule has 1 atom stereocenters. The Labute approximate surface area is 174 Å². The van der Waals surface area contributed by atoms with Crippen molar-refractivity contribution in [1.29, 1.82) is 0 Å². The molecule has 1 aromatic carbocycles. The molecule has 2 aromatic rings. The third-order valence-electron chi connectivity index (χ3n) is 4.53. The zero-order valence-electron chi connectivity index (χ0n) is 15.7. The third kappa shape index (κ3) is 5.20. The van der Waals surface area contributed by atoms with Crippen LogP contribution in [0.3, 0.4) is 0 Å². The van der Waals surface area contributed by atoms with E-state index in [4.69, 9.17) is 37.1 Å². The van der Waals surface area contributed by atoms with Crippen molar-refractivity contribution in [3.63, 3.8) is 0 Å². The second-order valence-electron chi connectivity index (χ2n) is 6.51. The Kier molecular flexibility index (Phi) is 7.62. The third-order valence-corrected chi connectivity index (χ3v) is 5.09. The van der Waals surface area contributed by atoms with Gasteiger partial charge in [0.05, 0.1) is 42.2 Å². The molecule has 8 heteroatoms. The lowest BCUT2D eigenvalue weighted by molar-refractivity contribution is 0.0118. The number of hydrogen-bond acceptors (Lipinski definition) is 5. The van der Waals surface area contributed by atoms with E-state index >= 15 is 0 Å². The highest BCUT2D eigenvalue weighted by Crippen LogP contribution is 2.34. The highest BCUT2D eigenvalue weighted by atomic mass is 35.5. The van der Waals surface area contributed by atoms with Crippen LogP contribution in [0.25, 0.3) is 0 Å². The van der Waals surface area contributed by atoms with Crippen molar-refractivity contribution < 1.29 is 18.7 Å². The fourth-order valence-corrected chi connectivity index (χ4v) is 3.70. The number of nitrogens with one attached hydrogen (secondary N) is 1. The first-order valence-corrected chi connectivity index (χ1v) is 10.1. The SMILES string of the molecule is CCCOc1c(Cl)cc(C(=O)NC[C@@H](c2ccco2)N2CCOCC2)cc1Cl. The average molecular weight is 427 g/mol. The normalized spacial score (nSPS) is 16.0. The van der Waals surface area contributed by atoms with E-state index < -0.39 is 0 Å². The minimum absolute atomic E-state index is 0.0686. The molecule has 6 nitrogen and oxygen atoms in total. The standard InChI is InChI=1S/C20H24Cl2N2O4/c1-2-7-28-19-15(21)11-14(12-16(19)22)20(25)23-13-17(18-4-3-8-27-18)24-5-9-26-10-6-24/h3-4,8,11-12,17H,2,5-7,9-10,13H2,1H3,(H,23,25)/t17-/m0/s1. The largest absolute Gasteiger partial charge is 0.490 e. The van der Waals surface area contributed by atoms with Crippen LogP contribution in [-0.2, 0) is 4.74 Å². The molecule has 0 spiro atoms. The number of morpholine rings is 1. The first kappa shape index (κ1) is 21.0. The summed E-state index contributed by atoms with van der Waals surface area (Å²) in [5.74, 6) is 0.959. The molecular formula is C20H24Cl2N2O4. The molecule has 28 heavy (non-hydrogen) atoms. The van der Waals surface area contributed by atoms with Crippen LogP contribution in [0.4, 0.5) is 0 Å². The number of benzene rings is 1. The summed E-state index contributed by atoms with van der Waals surface area (Å²) in [4.78, 5) is 14.9. The monoisotopic (exact) mass is 426 g/mol. The highest BCUT2D eigenvalue weighted by molar-refractivity contribution is 6.37. The summed E-state index contributed by atoms with van der Waals surface area (Å²) >= 11 is 12.5. The number of rotatable bonds is 8. The Bertz CT molecular complexity index is 754. The van der Waals surface area contributed by atoms with Crippen LogP contribution in [0.2, 0.25) is 10.0 Å². The van der Waals surface area contributed by atoms with Gasteiger partial charge in [0.15, 0.2) is 5.75 Å². The number of nitrogens with zero attached hydrogens (tertiary/aromatic N) is 1. The zero-order valence-corrected chi connectivity index (χ0v) is 17.3. The van der Waals surface area contributed by atoms with Gasteiger partial charge in [0, 0.05) is 25.2 Å². The van der Waals surface area contributed by atoms with Crippen molar-refractivity contribution in [2.75, 3.05) is 39.5 Å². The molecule has 0 unspecified atom stereocenters. The molecule has 1 aromatic heterocycles. The Morgan fingerprint density at radius 2 is 2.00 bits per heavy atom. The molecule has 1 fully saturated rings. The molecule has 2 heterocycles. The van der Waals surface area contributed by atoms with Crippen LogP contribution in [0.15, 0.2) is 34.9 Å². The Morgan fingerprint density at radius 3 is 2.61 bits per heavy atom. The fourth-order valence-electron chi connectivity index (χ4n) is 3.10. The van der Waals surface area contributed by atoms with Crippen LogP contribution < -0.4 is 10.1 Å². The zero-order chi connectivity index (χ0) is 19.9. The number of furan rings is 1. The summed E-state index contributed by atoms with van der Waals surface area (Å²) < 4.78 is 16.6. The Hall–Kier alpha value is -1.73. The number of amides is 1. The van der Waals surface area contributed by atoms with Crippen molar-refractivity contribution in [3.05, 3.63) is 51.9 Å². The second-order valence-corrected chi connectivity index (χ2v) is 7.32. The molecule has 1 saturated heterocycles. The number of carbonyl (C=O) groups excluding carboxylic acids is 1. The van der Waals surface area contributed by atoms with E-state index in [-0.39, 0.29) is 11.9 Å². The van der Waals surface area contributed by atoms with Gasteiger partial charge in [-0.3, -0.25) is 9.69 Å². The second kappa shape index (κ2) is 10.2. The van der Waals surface area contributed by atoms with Crippen molar-refractivity contribution in [3.8, 4) is 5.75 Å². The Morgan fingerprint density at radius 1 is 1.29 bits per heavy atom. The van der Waals surface area contributed by atoms with E-state index in [0.717, 1.165) is 25.3 Å². The van der Waals surface area contributed by atoms with Gasteiger partial charge in [-0.25, -0.2) is 0 Å². The van der Waals surface area contributed by atoms with Gasteiger partial charge >= 0.3 is 0 Å². The Balaban J connectivity index is 1.69. The van der Waals surface area contributed by atoms with Gasteiger partial charge in [-0.1, -0.05) is 30.1 Å². The molecule has 0 aliphatic carbocycles. The average Bonchev–Trinajstić information content (AvgIpc) is 3.22. The topological polar surface area (TPSA) is 63.9 Å². The number of carbonyl (C=O) groups is 1. The fraction of sp³-hybridized carbons (Fsp3) is 0.450. The van der Waals surface area contributed by atoms with E-state index in [1.807, 2.05) is 19.1 Å². The molecule has 0 radical (unpaired) electrons. The van der Waals surface area contributed by atoms with Gasteiger partial charge in [0.1, 0.15) is 5.76 Å². The summed E-state index contributed by atoms with van der Waals surface area (Å²) in [7, 11) is 0. The summed E-state index contributed by atoms with van der Waals surface area (Å²) in [6.07, 6.45) is 2.48. The summed E-state index contributed by atoms with van der Waals surface area (Å²) in [5, 5.41) is 3.60. The molecule has 0 bridgehead atoms. The lowest BCUT2D eigenvalue weighted by Crippen LogP contribution is -2.43. The maximum atomic E-state index is 12.7. The first-order valence-electron chi connectivity index (χ1n) is 9.35. The van der Waals surface area contributed by atoms with E-state index in [9.17, 15) is 4.79 Å². The van der Waals surface area contributed by atoms with Crippen LogP contribution in [0.1, 0.15) is 35.5 Å². The van der Waals surface area contributed by atoms with Crippen molar-refractivity contribution >= 4 is 29.1 Å². The van der Waals surface area contributed by atoms with E-state index in [2.05, 4.69) is 10.2 Å². The molecular weight excluding hydrogens is 403 g/mol. The molecule has 3 rings (SSSR count). The maximum absolute atomic E-state index is 12.7.